The van der Waals surface area contributed by atoms with Gasteiger partial charge in [0.25, 0.3) is 5.56 Å². The molecule has 11 nitrogen and oxygen atoms in total. The number of phenols is 1. The van der Waals surface area contributed by atoms with Crippen molar-refractivity contribution in [1.29, 1.82) is 0 Å². The predicted molar refractivity (Wildman–Crippen MR) is 216 cm³/mol. The second-order valence-electron chi connectivity index (χ2n) is 16.4. The Kier molecular flexibility index (Phi) is 11.1. The van der Waals surface area contributed by atoms with Crippen LogP contribution in [0.4, 0.5) is 15.8 Å². The van der Waals surface area contributed by atoms with Gasteiger partial charge in [0.05, 0.1) is 29.1 Å². The Balaban J connectivity index is 0.777. The number of nitrogens with one attached hydrogen (secondary N) is 3. The van der Waals surface area contributed by atoms with Crippen molar-refractivity contribution in [2.24, 2.45) is 24.3 Å². The molecule has 1 aliphatic heterocycles. The fraction of sp³-hybridized carbons (Fsp3) is 0.500. The van der Waals surface area contributed by atoms with Gasteiger partial charge in [0.15, 0.2) is 0 Å². The third-order valence-electron chi connectivity index (χ3n) is 13.0. The SMILES string of the molecule is Cc1ccc(O)cc1CC[C@@H]1CCC[C@]2(C)[C@@H](OCCCOCCCNc3ccc([C@H]4Nc5cc(F)cc6c(=O)[nH]nc(c56)[C@@H]4c4ncnn4C)cc3)CC[C@@H]12. The fourth-order valence-electron chi connectivity index (χ4n) is 10.1. The van der Waals surface area contributed by atoms with Crippen LogP contribution in [0.25, 0.3) is 10.8 Å². The number of benzene rings is 3. The first-order chi connectivity index (χ1) is 27.2. The Hall–Kier alpha value is -4.81. The van der Waals surface area contributed by atoms with Gasteiger partial charge in [-0.25, -0.2) is 14.5 Å². The van der Waals surface area contributed by atoms with E-state index in [1.165, 1.54) is 61.7 Å². The van der Waals surface area contributed by atoms with Crippen LogP contribution in [0, 0.1) is 30.0 Å². The lowest BCUT2D eigenvalue weighted by atomic mass is 9.62. The molecule has 8 rings (SSSR count). The molecule has 296 valence electrons. The number of anilines is 2. The van der Waals surface area contributed by atoms with Crippen molar-refractivity contribution in [2.75, 3.05) is 37.0 Å². The van der Waals surface area contributed by atoms with Crippen molar-refractivity contribution in [1.82, 2.24) is 25.0 Å². The topological polar surface area (TPSA) is 139 Å². The van der Waals surface area contributed by atoms with Gasteiger partial charge in [0, 0.05) is 50.2 Å². The first kappa shape index (κ1) is 38.1. The number of phenolic OH excluding ortho intramolecular Hbond substituents is 1. The Morgan fingerprint density at radius 2 is 1.89 bits per heavy atom. The van der Waals surface area contributed by atoms with E-state index in [9.17, 15) is 14.3 Å². The van der Waals surface area contributed by atoms with E-state index >= 15 is 0 Å². The number of hydrogen-bond acceptors (Lipinski definition) is 9. The number of ether oxygens (including phenoxy) is 2. The average Bonchev–Trinajstić information content (AvgIpc) is 3.77. The van der Waals surface area contributed by atoms with Crippen LogP contribution in [0.3, 0.4) is 0 Å². The molecule has 56 heavy (non-hydrogen) atoms. The van der Waals surface area contributed by atoms with E-state index in [1.807, 2.05) is 43.4 Å². The van der Waals surface area contributed by atoms with Crippen LogP contribution in [0.5, 0.6) is 5.75 Å². The molecule has 3 aliphatic rings. The Morgan fingerprint density at radius 3 is 2.71 bits per heavy atom. The molecule has 0 unspecified atom stereocenters. The molecule has 6 atom stereocenters. The lowest BCUT2D eigenvalue weighted by Gasteiger charge is -2.45. The smallest absolute Gasteiger partial charge is 0.272 e. The fourth-order valence-corrected chi connectivity index (χ4v) is 10.1. The summed E-state index contributed by atoms with van der Waals surface area (Å²) in [5, 5.41) is 29.1. The van der Waals surface area contributed by atoms with Crippen molar-refractivity contribution in [2.45, 2.75) is 89.7 Å². The van der Waals surface area contributed by atoms with E-state index in [0.29, 0.717) is 53.6 Å². The summed E-state index contributed by atoms with van der Waals surface area (Å²) in [6.45, 7) is 7.51. The molecule has 4 N–H and O–H groups in total. The standard InChI is InChI=1S/C44H54FN7O4/c1-27-8-15-33(53)23-30(27)10-9-28-7-4-18-44(2)35(28)16-17-37(44)56-22-6-21-55-20-5-19-46-32-13-11-29(12-14-32)40-39(42-47-26-48-52(42)3)41-38-34(43(54)51-50-41)24-31(45)25-36(38)49-40/h8,11-15,23-26,28,35,37,39-40,46,49,53H,4-7,9-10,16-22H2,1-3H3,(H,51,54)/t28-,35-,37-,39+,40+,44-/m0/s1. The van der Waals surface area contributed by atoms with Crippen LogP contribution >= 0.6 is 0 Å². The number of aromatic hydroxyl groups is 1. The molecule has 0 radical (unpaired) electrons. The number of aromatic nitrogens is 5. The molecule has 0 saturated heterocycles. The number of rotatable bonds is 15. The number of aromatic amines is 1. The maximum absolute atomic E-state index is 14.6. The summed E-state index contributed by atoms with van der Waals surface area (Å²) in [4.78, 5) is 17.1. The van der Waals surface area contributed by atoms with E-state index in [2.05, 4.69) is 44.8 Å². The van der Waals surface area contributed by atoms with Crippen LogP contribution in [-0.4, -0.2) is 62.5 Å². The highest BCUT2D eigenvalue weighted by molar-refractivity contribution is 5.97. The van der Waals surface area contributed by atoms with E-state index in [0.717, 1.165) is 56.0 Å². The van der Waals surface area contributed by atoms with Crippen LogP contribution in [0.2, 0.25) is 0 Å². The molecule has 0 bridgehead atoms. The largest absolute Gasteiger partial charge is 0.508 e. The first-order valence-corrected chi connectivity index (χ1v) is 20.3. The number of halogens is 1. The maximum Gasteiger partial charge on any atom is 0.272 e. The summed E-state index contributed by atoms with van der Waals surface area (Å²) >= 11 is 0. The molecular formula is C44H54FN7O4. The highest BCUT2D eigenvalue weighted by Crippen LogP contribution is 2.56. The molecule has 2 fully saturated rings. The summed E-state index contributed by atoms with van der Waals surface area (Å²) in [5.74, 6) is 1.62. The minimum Gasteiger partial charge on any atom is -0.508 e. The summed E-state index contributed by atoms with van der Waals surface area (Å²) in [6, 6.07) is 16.3. The van der Waals surface area contributed by atoms with Crippen LogP contribution in [0.15, 0.2) is 65.7 Å². The van der Waals surface area contributed by atoms with Crippen molar-refractivity contribution in [3.8, 4) is 5.75 Å². The first-order valence-electron chi connectivity index (χ1n) is 20.3. The number of fused-ring (bicyclic) bond motifs is 1. The van der Waals surface area contributed by atoms with Gasteiger partial charge in [-0.3, -0.25) is 9.48 Å². The van der Waals surface area contributed by atoms with Crippen LogP contribution in [0.1, 0.15) is 98.5 Å². The number of aryl methyl sites for hydroxylation is 3. The zero-order valence-corrected chi connectivity index (χ0v) is 32.7. The summed E-state index contributed by atoms with van der Waals surface area (Å²) in [7, 11) is 1.83. The monoisotopic (exact) mass is 763 g/mol. The molecule has 2 aromatic heterocycles. The zero-order chi connectivity index (χ0) is 38.8. The number of H-pyrrole nitrogens is 1. The number of nitrogens with zero attached hydrogens (tertiary/aromatic N) is 4. The molecule has 3 heterocycles. The van der Waals surface area contributed by atoms with Crippen molar-refractivity contribution in [3.63, 3.8) is 0 Å². The van der Waals surface area contributed by atoms with Crippen molar-refractivity contribution in [3.05, 3.63) is 105 Å². The molecule has 2 saturated carbocycles. The number of hydrogen-bond donors (Lipinski definition) is 4. The quantitative estimate of drug-likeness (QED) is 0.0783. The minimum atomic E-state index is -0.491. The third kappa shape index (κ3) is 7.65. The Labute approximate surface area is 327 Å². The molecule has 3 aromatic carbocycles. The summed E-state index contributed by atoms with van der Waals surface area (Å²) in [5.41, 5.74) is 5.47. The van der Waals surface area contributed by atoms with Gasteiger partial charge in [-0.2, -0.15) is 10.2 Å². The van der Waals surface area contributed by atoms with Gasteiger partial charge in [-0.05, 0) is 122 Å². The van der Waals surface area contributed by atoms with E-state index in [1.54, 1.807) is 10.7 Å². The molecule has 2 aliphatic carbocycles. The average molecular weight is 764 g/mol. The lowest BCUT2D eigenvalue weighted by molar-refractivity contribution is -0.0620. The lowest BCUT2D eigenvalue weighted by Crippen LogP contribution is -2.41. The highest BCUT2D eigenvalue weighted by Gasteiger charge is 2.51. The van der Waals surface area contributed by atoms with E-state index in [4.69, 9.17) is 9.47 Å². The van der Waals surface area contributed by atoms with Gasteiger partial charge >= 0.3 is 0 Å². The van der Waals surface area contributed by atoms with Gasteiger partial charge < -0.3 is 25.2 Å². The Bertz CT molecular complexity index is 2210. The normalized spacial score (nSPS) is 24.2. The van der Waals surface area contributed by atoms with Gasteiger partial charge in [0.2, 0.25) is 0 Å². The van der Waals surface area contributed by atoms with Crippen LogP contribution in [-0.2, 0) is 22.9 Å². The second kappa shape index (κ2) is 16.3. The second-order valence-corrected chi connectivity index (χ2v) is 16.4. The van der Waals surface area contributed by atoms with Crippen molar-refractivity contribution < 1.29 is 19.0 Å². The Morgan fingerprint density at radius 1 is 1.05 bits per heavy atom. The predicted octanol–water partition coefficient (Wildman–Crippen LogP) is 7.95. The van der Waals surface area contributed by atoms with Crippen LogP contribution < -0.4 is 16.2 Å². The highest BCUT2D eigenvalue weighted by atomic mass is 19.1. The van der Waals surface area contributed by atoms with Gasteiger partial charge in [-0.15, -0.1) is 0 Å². The van der Waals surface area contributed by atoms with Gasteiger partial charge in [0.1, 0.15) is 23.7 Å². The third-order valence-corrected chi connectivity index (χ3v) is 13.0. The molecular weight excluding hydrogens is 710 g/mol. The summed E-state index contributed by atoms with van der Waals surface area (Å²) in [6.07, 6.45) is 12.1. The molecule has 0 amide bonds. The summed E-state index contributed by atoms with van der Waals surface area (Å²) < 4.78 is 28.9. The van der Waals surface area contributed by atoms with E-state index < -0.39 is 11.4 Å². The zero-order valence-electron chi connectivity index (χ0n) is 32.7. The minimum absolute atomic E-state index is 0.249. The molecule has 5 aromatic rings. The molecule has 0 spiro atoms. The maximum atomic E-state index is 14.6. The van der Waals surface area contributed by atoms with E-state index in [-0.39, 0.29) is 22.8 Å². The van der Waals surface area contributed by atoms with Crippen molar-refractivity contribution >= 4 is 22.1 Å². The van der Waals surface area contributed by atoms with Gasteiger partial charge in [-0.1, -0.05) is 38.0 Å². The molecule has 12 heteroatoms.